The Labute approximate surface area is 97.4 Å². The van der Waals surface area contributed by atoms with Crippen LogP contribution in [0.5, 0.6) is 5.75 Å². The molecule has 0 saturated carbocycles. The van der Waals surface area contributed by atoms with Crippen molar-refractivity contribution < 1.29 is 4.74 Å². The summed E-state index contributed by atoms with van der Waals surface area (Å²) in [7, 11) is 1.70. The maximum Gasteiger partial charge on any atom is 0.119 e. The summed E-state index contributed by atoms with van der Waals surface area (Å²) in [5.41, 5.74) is 1.29. The molecule has 1 unspecified atom stereocenters. The summed E-state index contributed by atoms with van der Waals surface area (Å²) >= 11 is 0. The minimum absolute atomic E-state index is 0.552. The predicted molar refractivity (Wildman–Crippen MR) is 67.3 cm³/mol. The molecule has 2 rings (SSSR count). The Morgan fingerprint density at radius 3 is 2.75 bits per heavy atom. The Balaban J connectivity index is 2.14. The second kappa shape index (κ2) is 5.21. The number of hydrogen-bond donors (Lipinski definition) is 1. The first-order valence-corrected chi connectivity index (χ1v) is 5.92. The van der Waals surface area contributed by atoms with Crippen LogP contribution in [0.4, 0.5) is 5.69 Å². The Kier molecular flexibility index (Phi) is 3.67. The van der Waals surface area contributed by atoms with Crippen molar-refractivity contribution in [3.8, 4) is 5.75 Å². The van der Waals surface area contributed by atoms with Crippen LogP contribution >= 0.6 is 0 Å². The Morgan fingerprint density at radius 1 is 1.31 bits per heavy atom. The number of nitrogens with zero attached hydrogens (tertiary/aromatic N) is 1. The minimum atomic E-state index is 0.552. The predicted octanol–water partition coefficient (Wildman–Crippen LogP) is 1.88. The van der Waals surface area contributed by atoms with Gasteiger partial charge in [-0.3, -0.25) is 0 Å². The maximum atomic E-state index is 5.18. The second-order valence-electron chi connectivity index (χ2n) is 4.30. The molecule has 1 N–H and O–H groups in total. The summed E-state index contributed by atoms with van der Waals surface area (Å²) < 4.78 is 5.18. The van der Waals surface area contributed by atoms with Crippen molar-refractivity contribution in [1.29, 1.82) is 0 Å². The van der Waals surface area contributed by atoms with E-state index in [4.69, 9.17) is 4.74 Å². The normalized spacial score (nSPS) is 21.6. The van der Waals surface area contributed by atoms with Crippen LogP contribution in [0.25, 0.3) is 0 Å². The number of hydrogen-bond acceptors (Lipinski definition) is 3. The third-order valence-electron chi connectivity index (χ3n) is 3.13. The van der Waals surface area contributed by atoms with Crippen LogP contribution in [0.1, 0.15) is 13.3 Å². The van der Waals surface area contributed by atoms with Gasteiger partial charge in [-0.05, 0) is 44.2 Å². The van der Waals surface area contributed by atoms with Crippen LogP contribution in [0, 0.1) is 0 Å². The average molecular weight is 220 g/mol. The Morgan fingerprint density at radius 2 is 2.06 bits per heavy atom. The summed E-state index contributed by atoms with van der Waals surface area (Å²) in [5.74, 6) is 0.921. The molecule has 0 aromatic heterocycles. The van der Waals surface area contributed by atoms with Crippen molar-refractivity contribution >= 4 is 5.69 Å². The van der Waals surface area contributed by atoms with Crippen molar-refractivity contribution in [3.63, 3.8) is 0 Å². The van der Waals surface area contributed by atoms with Crippen LogP contribution in [0.3, 0.4) is 0 Å². The van der Waals surface area contributed by atoms with E-state index in [0.717, 1.165) is 25.4 Å². The number of rotatable bonds is 2. The summed E-state index contributed by atoms with van der Waals surface area (Å²) in [4.78, 5) is 2.46. The van der Waals surface area contributed by atoms with Crippen molar-refractivity contribution in [2.24, 2.45) is 0 Å². The highest BCUT2D eigenvalue weighted by Gasteiger charge is 2.16. The molecular weight excluding hydrogens is 200 g/mol. The van der Waals surface area contributed by atoms with E-state index in [9.17, 15) is 0 Å². The van der Waals surface area contributed by atoms with Gasteiger partial charge in [-0.1, -0.05) is 0 Å². The van der Waals surface area contributed by atoms with E-state index in [1.807, 2.05) is 12.1 Å². The number of benzene rings is 1. The maximum absolute atomic E-state index is 5.18. The van der Waals surface area contributed by atoms with Crippen LogP contribution in [0.2, 0.25) is 0 Å². The van der Waals surface area contributed by atoms with E-state index in [1.54, 1.807) is 7.11 Å². The molecule has 1 atom stereocenters. The molecule has 3 nitrogen and oxygen atoms in total. The molecular formula is C13H20N2O. The highest BCUT2D eigenvalue weighted by atomic mass is 16.5. The molecule has 88 valence electrons. The van der Waals surface area contributed by atoms with E-state index >= 15 is 0 Å². The van der Waals surface area contributed by atoms with Crippen molar-refractivity contribution in [2.75, 3.05) is 31.6 Å². The Hall–Kier alpha value is -1.22. The third-order valence-corrected chi connectivity index (χ3v) is 3.13. The van der Waals surface area contributed by atoms with Gasteiger partial charge in [0.05, 0.1) is 7.11 Å². The molecule has 1 aromatic rings. The molecule has 1 aliphatic rings. The molecule has 1 saturated heterocycles. The van der Waals surface area contributed by atoms with Gasteiger partial charge >= 0.3 is 0 Å². The average Bonchev–Trinajstić information content (AvgIpc) is 2.54. The zero-order chi connectivity index (χ0) is 11.4. The van der Waals surface area contributed by atoms with Gasteiger partial charge in [-0.15, -0.1) is 0 Å². The molecule has 1 heterocycles. The van der Waals surface area contributed by atoms with Gasteiger partial charge < -0.3 is 15.0 Å². The lowest BCUT2D eigenvalue weighted by atomic mass is 10.2. The summed E-state index contributed by atoms with van der Waals surface area (Å²) in [6, 6.07) is 8.89. The molecule has 0 amide bonds. The molecule has 3 heteroatoms. The quantitative estimate of drug-likeness (QED) is 0.823. The van der Waals surface area contributed by atoms with E-state index in [0.29, 0.717) is 6.04 Å². The van der Waals surface area contributed by atoms with Gasteiger partial charge in [0.15, 0.2) is 0 Å². The lowest BCUT2D eigenvalue weighted by Gasteiger charge is -2.29. The van der Waals surface area contributed by atoms with Gasteiger partial charge in [0.2, 0.25) is 0 Å². The zero-order valence-electron chi connectivity index (χ0n) is 10.1. The van der Waals surface area contributed by atoms with Crippen molar-refractivity contribution in [2.45, 2.75) is 19.4 Å². The summed E-state index contributed by atoms with van der Waals surface area (Å²) in [6.45, 7) is 5.58. The highest BCUT2D eigenvalue weighted by molar-refractivity contribution is 5.50. The van der Waals surface area contributed by atoms with E-state index in [-0.39, 0.29) is 0 Å². The summed E-state index contributed by atoms with van der Waals surface area (Å²) in [6.07, 6.45) is 1.20. The SMILES string of the molecule is COc1ccc(N2CCCNCC2C)cc1. The number of methoxy groups -OCH3 is 1. The van der Waals surface area contributed by atoms with E-state index in [2.05, 4.69) is 29.3 Å². The van der Waals surface area contributed by atoms with Gasteiger partial charge in [0, 0.05) is 24.8 Å². The summed E-state index contributed by atoms with van der Waals surface area (Å²) in [5, 5.41) is 3.45. The second-order valence-corrected chi connectivity index (χ2v) is 4.30. The van der Waals surface area contributed by atoms with E-state index in [1.165, 1.54) is 12.1 Å². The van der Waals surface area contributed by atoms with Crippen LogP contribution in [-0.4, -0.2) is 32.8 Å². The zero-order valence-corrected chi connectivity index (χ0v) is 10.1. The van der Waals surface area contributed by atoms with Gasteiger partial charge in [-0.25, -0.2) is 0 Å². The number of anilines is 1. The first kappa shape index (κ1) is 11.3. The largest absolute Gasteiger partial charge is 0.497 e. The van der Waals surface area contributed by atoms with Crippen molar-refractivity contribution in [1.82, 2.24) is 5.32 Å². The molecule has 0 aliphatic carbocycles. The molecule has 0 bridgehead atoms. The molecule has 0 spiro atoms. The lowest BCUT2D eigenvalue weighted by Crippen LogP contribution is -2.37. The van der Waals surface area contributed by atoms with Gasteiger partial charge in [0.25, 0.3) is 0 Å². The van der Waals surface area contributed by atoms with Crippen LogP contribution < -0.4 is 15.0 Å². The van der Waals surface area contributed by atoms with Crippen molar-refractivity contribution in [3.05, 3.63) is 24.3 Å². The third kappa shape index (κ3) is 2.47. The molecule has 1 aliphatic heterocycles. The Bertz CT molecular complexity index is 323. The molecule has 0 radical (unpaired) electrons. The molecule has 1 aromatic carbocycles. The first-order chi connectivity index (χ1) is 7.81. The monoisotopic (exact) mass is 220 g/mol. The van der Waals surface area contributed by atoms with Gasteiger partial charge in [0.1, 0.15) is 5.75 Å². The smallest absolute Gasteiger partial charge is 0.119 e. The molecule has 16 heavy (non-hydrogen) atoms. The topological polar surface area (TPSA) is 24.5 Å². The van der Waals surface area contributed by atoms with Crippen LogP contribution in [0.15, 0.2) is 24.3 Å². The minimum Gasteiger partial charge on any atom is -0.497 e. The first-order valence-electron chi connectivity index (χ1n) is 5.92. The fraction of sp³-hybridized carbons (Fsp3) is 0.538. The fourth-order valence-corrected chi connectivity index (χ4v) is 2.17. The van der Waals surface area contributed by atoms with Crippen LogP contribution in [-0.2, 0) is 0 Å². The van der Waals surface area contributed by atoms with E-state index < -0.39 is 0 Å². The standard InChI is InChI=1S/C13H20N2O/c1-11-10-14-8-3-9-15(11)12-4-6-13(16-2)7-5-12/h4-7,11,14H,3,8-10H2,1-2H3. The van der Waals surface area contributed by atoms with Gasteiger partial charge in [-0.2, -0.15) is 0 Å². The fourth-order valence-electron chi connectivity index (χ4n) is 2.17. The lowest BCUT2D eigenvalue weighted by molar-refractivity contribution is 0.415. The molecule has 1 fully saturated rings. The number of ether oxygens (including phenoxy) is 1. The number of nitrogens with one attached hydrogen (secondary N) is 1. The highest BCUT2D eigenvalue weighted by Crippen LogP contribution is 2.21.